The average molecular weight is 266 g/mol. The zero-order valence-electron chi connectivity index (χ0n) is 12.3. The minimum atomic E-state index is 0.527. The highest BCUT2D eigenvalue weighted by Crippen LogP contribution is 2.28. The molecule has 2 aromatic carbocycles. The lowest BCUT2D eigenvalue weighted by molar-refractivity contribution is 0.458. The molecule has 1 atom stereocenters. The fourth-order valence-corrected chi connectivity index (χ4v) is 3.05. The predicted octanol–water partition coefficient (Wildman–Crippen LogP) is 4.18. The van der Waals surface area contributed by atoms with Crippen molar-refractivity contribution in [2.24, 2.45) is 0 Å². The Kier molecular flexibility index (Phi) is 3.75. The minimum Gasteiger partial charge on any atom is -0.339 e. The summed E-state index contributed by atoms with van der Waals surface area (Å²) >= 11 is 0. The van der Waals surface area contributed by atoms with Gasteiger partial charge in [-0.3, -0.25) is 0 Å². The van der Waals surface area contributed by atoms with Crippen LogP contribution in [0.2, 0.25) is 0 Å². The van der Waals surface area contributed by atoms with Crippen LogP contribution in [-0.4, -0.2) is 17.2 Å². The predicted molar refractivity (Wildman–Crippen MR) is 87.2 cm³/mol. The minimum absolute atomic E-state index is 0.527. The van der Waals surface area contributed by atoms with E-state index in [1.807, 2.05) is 0 Å². The molecule has 0 aliphatic carbocycles. The van der Waals surface area contributed by atoms with Gasteiger partial charge in [0.1, 0.15) is 0 Å². The summed E-state index contributed by atoms with van der Waals surface area (Å²) in [7, 11) is 0. The first-order valence-electron chi connectivity index (χ1n) is 7.54. The maximum Gasteiger partial charge on any atom is 0.0491 e. The van der Waals surface area contributed by atoms with Crippen LogP contribution in [0.15, 0.2) is 48.5 Å². The van der Waals surface area contributed by atoms with E-state index in [1.165, 1.54) is 21.8 Å². The Morgan fingerprint density at radius 2 is 1.45 bits per heavy atom. The van der Waals surface area contributed by atoms with Crippen molar-refractivity contribution in [2.75, 3.05) is 6.54 Å². The molecule has 0 saturated carbocycles. The number of para-hydroxylation sites is 2. The molecule has 0 bridgehead atoms. The van der Waals surface area contributed by atoms with Gasteiger partial charge in [-0.2, -0.15) is 0 Å². The first-order chi connectivity index (χ1) is 9.85. The first kappa shape index (κ1) is 13.2. The molecular formula is C18H22N2. The fourth-order valence-electron chi connectivity index (χ4n) is 3.05. The number of benzene rings is 2. The van der Waals surface area contributed by atoms with Crippen molar-refractivity contribution < 1.29 is 0 Å². The van der Waals surface area contributed by atoms with E-state index in [0.29, 0.717) is 6.04 Å². The molecule has 20 heavy (non-hydrogen) atoms. The van der Waals surface area contributed by atoms with Gasteiger partial charge in [-0.25, -0.2) is 0 Å². The van der Waals surface area contributed by atoms with Gasteiger partial charge in [-0.15, -0.1) is 0 Å². The highest BCUT2D eigenvalue weighted by atomic mass is 15.0. The fraction of sp³-hybridized carbons (Fsp3) is 0.333. The third-order valence-electron chi connectivity index (χ3n) is 4.07. The average Bonchev–Trinajstić information content (AvgIpc) is 2.82. The molecule has 2 heteroatoms. The van der Waals surface area contributed by atoms with Crippen LogP contribution in [0.1, 0.15) is 20.3 Å². The van der Waals surface area contributed by atoms with Gasteiger partial charge in [0.2, 0.25) is 0 Å². The van der Waals surface area contributed by atoms with E-state index in [2.05, 4.69) is 72.3 Å². The Balaban J connectivity index is 2.16. The number of hydrogen-bond donors (Lipinski definition) is 1. The third-order valence-corrected chi connectivity index (χ3v) is 4.07. The largest absolute Gasteiger partial charge is 0.339 e. The molecule has 0 amide bonds. The molecule has 0 radical (unpaired) electrons. The molecule has 0 spiro atoms. The summed E-state index contributed by atoms with van der Waals surface area (Å²) < 4.78 is 2.46. The maximum absolute atomic E-state index is 3.58. The molecule has 104 valence electrons. The summed E-state index contributed by atoms with van der Waals surface area (Å²) in [5, 5.41) is 6.29. The van der Waals surface area contributed by atoms with Gasteiger partial charge in [0.15, 0.2) is 0 Å². The quantitative estimate of drug-likeness (QED) is 0.733. The Morgan fingerprint density at radius 3 is 1.95 bits per heavy atom. The maximum atomic E-state index is 3.58. The molecule has 0 saturated heterocycles. The molecule has 1 aromatic heterocycles. The SMILES string of the molecule is CCNC(CC)Cn1c2ccccc2c2ccccc21. The summed E-state index contributed by atoms with van der Waals surface area (Å²) in [6.45, 7) is 6.48. The van der Waals surface area contributed by atoms with Crippen LogP contribution in [0.5, 0.6) is 0 Å². The molecule has 3 rings (SSSR count). The topological polar surface area (TPSA) is 17.0 Å². The van der Waals surface area contributed by atoms with Gasteiger partial charge in [-0.05, 0) is 25.1 Å². The van der Waals surface area contributed by atoms with Crippen molar-refractivity contribution in [3.8, 4) is 0 Å². The second-order valence-electron chi connectivity index (χ2n) is 5.31. The summed E-state index contributed by atoms with van der Waals surface area (Å²) in [6.07, 6.45) is 1.15. The van der Waals surface area contributed by atoms with Gasteiger partial charge in [0.25, 0.3) is 0 Å². The van der Waals surface area contributed by atoms with Gasteiger partial charge < -0.3 is 9.88 Å². The van der Waals surface area contributed by atoms with Crippen LogP contribution in [-0.2, 0) is 6.54 Å². The summed E-state index contributed by atoms with van der Waals surface area (Å²) in [4.78, 5) is 0. The van der Waals surface area contributed by atoms with Gasteiger partial charge in [0, 0.05) is 34.4 Å². The zero-order chi connectivity index (χ0) is 13.9. The van der Waals surface area contributed by atoms with E-state index in [4.69, 9.17) is 0 Å². The molecule has 0 aliphatic heterocycles. The van der Waals surface area contributed by atoms with E-state index in [1.54, 1.807) is 0 Å². The monoisotopic (exact) mass is 266 g/mol. The Morgan fingerprint density at radius 1 is 0.900 bits per heavy atom. The van der Waals surface area contributed by atoms with E-state index in [-0.39, 0.29) is 0 Å². The van der Waals surface area contributed by atoms with E-state index in [0.717, 1.165) is 19.5 Å². The molecule has 3 aromatic rings. The number of hydrogen-bond acceptors (Lipinski definition) is 1. The second-order valence-corrected chi connectivity index (χ2v) is 5.31. The molecule has 1 unspecified atom stereocenters. The molecule has 1 N–H and O–H groups in total. The smallest absolute Gasteiger partial charge is 0.0491 e. The molecule has 0 aliphatic rings. The number of likely N-dealkylation sites (N-methyl/N-ethyl adjacent to an activating group) is 1. The number of aromatic nitrogens is 1. The van der Waals surface area contributed by atoms with Crippen molar-refractivity contribution in [2.45, 2.75) is 32.9 Å². The lowest BCUT2D eigenvalue weighted by atomic mass is 10.2. The number of rotatable bonds is 5. The van der Waals surface area contributed by atoms with Crippen molar-refractivity contribution >= 4 is 21.8 Å². The number of nitrogens with zero attached hydrogens (tertiary/aromatic N) is 1. The Labute approximate surface area is 120 Å². The lowest BCUT2D eigenvalue weighted by Gasteiger charge is -2.18. The summed E-state index contributed by atoms with van der Waals surface area (Å²) in [5.74, 6) is 0. The molecule has 1 heterocycles. The van der Waals surface area contributed by atoms with Crippen LogP contribution < -0.4 is 5.32 Å². The van der Waals surface area contributed by atoms with Crippen LogP contribution in [0.3, 0.4) is 0 Å². The van der Waals surface area contributed by atoms with E-state index >= 15 is 0 Å². The Bertz CT molecular complexity index is 658. The van der Waals surface area contributed by atoms with Crippen molar-refractivity contribution in [3.05, 3.63) is 48.5 Å². The van der Waals surface area contributed by atoms with Crippen LogP contribution in [0.4, 0.5) is 0 Å². The van der Waals surface area contributed by atoms with Crippen molar-refractivity contribution in [1.29, 1.82) is 0 Å². The molecular weight excluding hydrogens is 244 g/mol. The summed E-state index contributed by atoms with van der Waals surface area (Å²) in [6, 6.07) is 17.9. The van der Waals surface area contributed by atoms with E-state index < -0.39 is 0 Å². The zero-order valence-corrected chi connectivity index (χ0v) is 12.3. The highest BCUT2D eigenvalue weighted by Gasteiger charge is 2.12. The number of nitrogens with one attached hydrogen (secondary N) is 1. The van der Waals surface area contributed by atoms with Gasteiger partial charge in [0.05, 0.1) is 0 Å². The standard InChI is InChI=1S/C18H22N2/c1-3-14(19-4-2)13-20-17-11-7-5-9-15(17)16-10-6-8-12-18(16)20/h5-12,14,19H,3-4,13H2,1-2H3. The second kappa shape index (κ2) is 5.68. The molecule has 2 nitrogen and oxygen atoms in total. The van der Waals surface area contributed by atoms with Crippen molar-refractivity contribution in [1.82, 2.24) is 9.88 Å². The highest BCUT2D eigenvalue weighted by molar-refractivity contribution is 6.07. The van der Waals surface area contributed by atoms with Gasteiger partial charge in [-0.1, -0.05) is 50.2 Å². The lowest BCUT2D eigenvalue weighted by Crippen LogP contribution is -2.32. The first-order valence-corrected chi connectivity index (χ1v) is 7.54. The third kappa shape index (κ3) is 2.20. The summed E-state index contributed by atoms with van der Waals surface area (Å²) in [5.41, 5.74) is 2.68. The molecule has 0 fully saturated rings. The Hall–Kier alpha value is -1.80. The van der Waals surface area contributed by atoms with Gasteiger partial charge >= 0.3 is 0 Å². The normalized spacial score (nSPS) is 13.1. The van der Waals surface area contributed by atoms with E-state index in [9.17, 15) is 0 Å². The van der Waals surface area contributed by atoms with Crippen LogP contribution >= 0.6 is 0 Å². The van der Waals surface area contributed by atoms with Crippen LogP contribution in [0.25, 0.3) is 21.8 Å². The number of fused-ring (bicyclic) bond motifs is 3. The van der Waals surface area contributed by atoms with Crippen LogP contribution in [0, 0.1) is 0 Å². The van der Waals surface area contributed by atoms with Crippen molar-refractivity contribution in [3.63, 3.8) is 0 Å².